The van der Waals surface area contributed by atoms with Crippen molar-refractivity contribution >= 4 is 5.91 Å². The van der Waals surface area contributed by atoms with Crippen molar-refractivity contribution in [1.29, 1.82) is 0 Å². The molecule has 0 fully saturated rings. The van der Waals surface area contributed by atoms with Crippen molar-refractivity contribution in [2.75, 3.05) is 13.7 Å². The molecule has 138 valence electrons. The topological polar surface area (TPSA) is 38.3 Å². The number of hydrogen-bond acceptors (Lipinski definition) is 2. The van der Waals surface area contributed by atoms with Gasteiger partial charge in [-0.2, -0.15) is 0 Å². The molecule has 0 aliphatic carbocycles. The lowest BCUT2D eigenvalue weighted by molar-refractivity contribution is -0.121. The summed E-state index contributed by atoms with van der Waals surface area (Å²) >= 11 is 0. The van der Waals surface area contributed by atoms with E-state index in [1.165, 1.54) is 11.1 Å². The molecular formula is C24H25NO2. The molecule has 27 heavy (non-hydrogen) atoms. The second-order valence-electron chi connectivity index (χ2n) is 6.49. The minimum Gasteiger partial charge on any atom is -0.496 e. The van der Waals surface area contributed by atoms with Crippen LogP contribution in [0.3, 0.4) is 0 Å². The zero-order chi connectivity index (χ0) is 18.9. The van der Waals surface area contributed by atoms with Gasteiger partial charge in [0.1, 0.15) is 5.75 Å². The number of carbonyl (C=O) groups excluding carboxylic acids is 1. The van der Waals surface area contributed by atoms with Crippen molar-refractivity contribution in [1.82, 2.24) is 5.32 Å². The maximum Gasteiger partial charge on any atom is 0.220 e. The summed E-state index contributed by atoms with van der Waals surface area (Å²) in [5.74, 6) is 1.03. The Morgan fingerprint density at radius 2 is 1.41 bits per heavy atom. The molecule has 0 unspecified atom stereocenters. The van der Waals surface area contributed by atoms with Crippen molar-refractivity contribution in [3.05, 3.63) is 102 Å². The third-order valence-electron chi connectivity index (χ3n) is 4.72. The van der Waals surface area contributed by atoms with Crippen LogP contribution in [0.5, 0.6) is 5.75 Å². The average molecular weight is 359 g/mol. The average Bonchev–Trinajstić information content (AvgIpc) is 2.74. The standard InChI is InChI=1S/C24H25NO2/c1-27-23-15-9-8-14-21(23)16-17-24(26)25-18-22(19-10-4-2-5-11-19)20-12-6-3-7-13-20/h2-15,22H,16-18H2,1H3,(H,25,26). The first-order valence-corrected chi connectivity index (χ1v) is 9.26. The van der Waals surface area contributed by atoms with Crippen molar-refractivity contribution in [2.45, 2.75) is 18.8 Å². The predicted molar refractivity (Wildman–Crippen MR) is 109 cm³/mol. The van der Waals surface area contributed by atoms with Crippen LogP contribution in [-0.4, -0.2) is 19.6 Å². The number of nitrogens with one attached hydrogen (secondary N) is 1. The molecule has 1 N–H and O–H groups in total. The van der Waals surface area contributed by atoms with Crippen LogP contribution in [-0.2, 0) is 11.2 Å². The Hall–Kier alpha value is -3.07. The third kappa shape index (κ3) is 5.20. The number of hydrogen-bond donors (Lipinski definition) is 1. The summed E-state index contributed by atoms with van der Waals surface area (Å²) in [5.41, 5.74) is 3.46. The van der Waals surface area contributed by atoms with Gasteiger partial charge in [0.25, 0.3) is 0 Å². The fourth-order valence-corrected chi connectivity index (χ4v) is 3.26. The largest absolute Gasteiger partial charge is 0.496 e. The zero-order valence-corrected chi connectivity index (χ0v) is 15.6. The second-order valence-corrected chi connectivity index (χ2v) is 6.49. The molecule has 0 heterocycles. The number of aryl methyl sites for hydroxylation is 1. The molecule has 0 radical (unpaired) electrons. The Balaban J connectivity index is 1.62. The van der Waals surface area contributed by atoms with E-state index in [9.17, 15) is 4.79 Å². The van der Waals surface area contributed by atoms with E-state index < -0.39 is 0 Å². The zero-order valence-electron chi connectivity index (χ0n) is 15.6. The molecule has 0 saturated heterocycles. The fourth-order valence-electron chi connectivity index (χ4n) is 3.26. The van der Waals surface area contributed by atoms with Crippen LogP contribution < -0.4 is 10.1 Å². The van der Waals surface area contributed by atoms with Gasteiger partial charge in [-0.05, 0) is 29.2 Å². The Kier molecular flexibility index (Phi) is 6.64. The quantitative estimate of drug-likeness (QED) is 0.639. The van der Waals surface area contributed by atoms with Gasteiger partial charge in [-0.25, -0.2) is 0 Å². The number of benzene rings is 3. The maximum absolute atomic E-state index is 12.4. The second kappa shape index (κ2) is 9.58. The van der Waals surface area contributed by atoms with Crippen molar-refractivity contribution < 1.29 is 9.53 Å². The summed E-state index contributed by atoms with van der Waals surface area (Å²) in [5, 5.41) is 3.11. The molecule has 3 aromatic carbocycles. The van der Waals surface area contributed by atoms with E-state index in [4.69, 9.17) is 4.74 Å². The molecule has 0 bridgehead atoms. The Morgan fingerprint density at radius 3 is 2.00 bits per heavy atom. The van der Waals surface area contributed by atoms with Gasteiger partial charge in [-0.15, -0.1) is 0 Å². The normalized spacial score (nSPS) is 10.6. The smallest absolute Gasteiger partial charge is 0.220 e. The highest BCUT2D eigenvalue weighted by Crippen LogP contribution is 2.24. The van der Waals surface area contributed by atoms with Crippen LogP contribution in [0.1, 0.15) is 29.0 Å². The summed E-state index contributed by atoms with van der Waals surface area (Å²) in [4.78, 5) is 12.4. The predicted octanol–water partition coefficient (Wildman–Crippen LogP) is 4.58. The van der Waals surface area contributed by atoms with Gasteiger partial charge < -0.3 is 10.1 Å². The molecule has 0 aliphatic heterocycles. The lowest BCUT2D eigenvalue weighted by Gasteiger charge is -2.19. The van der Waals surface area contributed by atoms with E-state index in [1.807, 2.05) is 60.7 Å². The van der Waals surface area contributed by atoms with E-state index in [0.717, 1.165) is 11.3 Å². The molecule has 0 spiro atoms. The van der Waals surface area contributed by atoms with Gasteiger partial charge in [-0.3, -0.25) is 4.79 Å². The molecule has 0 aromatic heterocycles. The van der Waals surface area contributed by atoms with Gasteiger partial charge in [-0.1, -0.05) is 78.9 Å². The highest BCUT2D eigenvalue weighted by molar-refractivity contribution is 5.76. The summed E-state index contributed by atoms with van der Waals surface area (Å²) in [6, 6.07) is 28.4. The van der Waals surface area contributed by atoms with E-state index in [2.05, 4.69) is 29.6 Å². The molecule has 3 nitrogen and oxygen atoms in total. The van der Waals surface area contributed by atoms with Crippen LogP contribution in [0.15, 0.2) is 84.9 Å². The number of amides is 1. The van der Waals surface area contributed by atoms with Gasteiger partial charge in [0.05, 0.1) is 7.11 Å². The lowest BCUT2D eigenvalue weighted by Crippen LogP contribution is -2.29. The first-order valence-electron chi connectivity index (χ1n) is 9.26. The number of rotatable bonds is 8. The Morgan fingerprint density at radius 1 is 0.852 bits per heavy atom. The monoisotopic (exact) mass is 359 g/mol. The molecule has 0 aliphatic rings. The van der Waals surface area contributed by atoms with Crippen LogP contribution in [0, 0.1) is 0 Å². The number of ether oxygens (including phenoxy) is 1. The third-order valence-corrected chi connectivity index (χ3v) is 4.72. The summed E-state index contributed by atoms with van der Waals surface area (Å²) in [7, 11) is 1.66. The van der Waals surface area contributed by atoms with Crippen molar-refractivity contribution in [3.63, 3.8) is 0 Å². The van der Waals surface area contributed by atoms with Gasteiger partial charge in [0.2, 0.25) is 5.91 Å². The first-order chi connectivity index (χ1) is 13.3. The van der Waals surface area contributed by atoms with Crippen LogP contribution in [0.25, 0.3) is 0 Å². The molecule has 3 heteroatoms. The fraction of sp³-hybridized carbons (Fsp3) is 0.208. The van der Waals surface area contributed by atoms with E-state index in [1.54, 1.807) is 7.11 Å². The molecule has 3 aromatic rings. The van der Waals surface area contributed by atoms with Gasteiger partial charge >= 0.3 is 0 Å². The van der Waals surface area contributed by atoms with Crippen LogP contribution in [0.2, 0.25) is 0 Å². The SMILES string of the molecule is COc1ccccc1CCC(=O)NCC(c1ccccc1)c1ccccc1. The maximum atomic E-state index is 12.4. The molecule has 0 atom stereocenters. The highest BCUT2D eigenvalue weighted by Gasteiger charge is 2.15. The lowest BCUT2D eigenvalue weighted by atomic mass is 9.91. The number of para-hydroxylation sites is 1. The Labute approximate surface area is 161 Å². The first kappa shape index (κ1) is 18.7. The van der Waals surface area contributed by atoms with Crippen molar-refractivity contribution in [2.24, 2.45) is 0 Å². The highest BCUT2D eigenvalue weighted by atomic mass is 16.5. The summed E-state index contributed by atoms with van der Waals surface area (Å²) in [6.07, 6.45) is 1.11. The Bertz CT molecular complexity index is 807. The van der Waals surface area contributed by atoms with E-state index in [-0.39, 0.29) is 11.8 Å². The molecule has 3 rings (SSSR count). The molecular weight excluding hydrogens is 334 g/mol. The van der Waals surface area contributed by atoms with Crippen LogP contribution in [0.4, 0.5) is 0 Å². The van der Waals surface area contributed by atoms with Gasteiger partial charge in [0.15, 0.2) is 0 Å². The summed E-state index contributed by atoms with van der Waals surface area (Å²) in [6.45, 7) is 0.582. The summed E-state index contributed by atoms with van der Waals surface area (Å²) < 4.78 is 5.36. The minimum absolute atomic E-state index is 0.0535. The number of carbonyl (C=O) groups is 1. The number of methoxy groups -OCH3 is 1. The minimum atomic E-state index is 0.0535. The molecule has 0 saturated carbocycles. The molecule has 1 amide bonds. The van der Waals surface area contributed by atoms with E-state index in [0.29, 0.717) is 19.4 Å². The van der Waals surface area contributed by atoms with Crippen LogP contribution >= 0.6 is 0 Å². The van der Waals surface area contributed by atoms with Crippen molar-refractivity contribution in [3.8, 4) is 5.75 Å². The van der Waals surface area contributed by atoms with E-state index >= 15 is 0 Å². The van der Waals surface area contributed by atoms with Gasteiger partial charge in [0, 0.05) is 18.9 Å².